The van der Waals surface area contributed by atoms with E-state index < -0.39 is 0 Å². The van der Waals surface area contributed by atoms with Crippen LogP contribution in [0.25, 0.3) is 0 Å². The number of amidine groups is 1. The SMILES string of the molecule is CC(C)C1=C[C@@H]2C(=O)NC(CSCC(=O)NCc3ccccn3)=N[C@@H]2S1. The first-order valence-corrected chi connectivity index (χ1v) is 10.6. The molecule has 1 aromatic rings. The lowest BCUT2D eigenvalue weighted by Crippen LogP contribution is -2.44. The van der Waals surface area contributed by atoms with Crippen LogP contribution >= 0.6 is 23.5 Å². The Balaban J connectivity index is 1.43. The molecule has 2 aliphatic heterocycles. The molecule has 0 saturated heterocycles. The van der Waals surface area contributed by atoms with Gasteiger partial charge in [-0.05, 0) is 23.0 Å². The molecule has 0 fully saturated rings. The molecule has 1 aromatic heterocycles. The maximum Gasteiger partial charge on any atom is 0.235 e. The number of amides is 2. The van der Waals surface area contributed by atoms with E-state index in [0.29, 0.717) is 29.8 Å². The number of aliphatic imine (C=N–C) groups is 1. The number of aromatic nitrogens is 1. The van der Waals surface area contributed by atoms with Gasteiger partial charge in [0, 0.05) is 6.20 Å². The molecule has 0 spiro atoms. The van der Waals surface area contributed by atoms with E-state index in [4.69, 9.17) is 0 Å². The van der Waals surface area contributed by atoms with E-state index in [9.17, 15) is 9.59 Å². The summed E-state index contributed by atoms with van der Waals surface area (Å²) < 4.78 is 0. The van der Waals surface area contributed by atoms with Crippen LogP contribution in [0.2, 0.25) is 0 Å². The molecule has 3 rings (SSSR count). The second-order valence-electron chi connectivity index (χ2n) is 6.41. The fraction of sp³-hybridized carbons (Fsp3) is 0.444. The van der Waals surface area contributed by atoms with Crippen molar-refractivity contribution in [2.45, 2.75) is 25.8 Å². The summed E-state index contributed by atoms with van der Waals surface area (Å²) in [5.74, 6) is 1.68. The number of carbonyl (C=O) groups is 2. The fourth-order valence-corrected chi connectivity index (χ4v) is 4.65. The molecule has 0 radical (unpaired) electrons. The van der Waals surface area contributed by atoms with Crippen molar-refractivity contribution in [2.75, 3.05) is 11.5 Å². The predicted octanol–water partition coefficient (Wildman–Crippen LogP) is 2.19. The van der Waals surface area contributed by atoms with Gasteiger partial charge in [-0.15, -0.1) is 23.5 Å². The van der Waals surface area contributed by atoms with Crippen LogP contribution < -0.4 is 10.6 Å². The van der Waals surface area contributed by atoms with Crippen molar-refractivity contribution in [1.29, 1.82) is 0 Å². The van der Waals surface area contributed by atoms with Crippen molar-refractivity contribution in [3.63, 3.8) is 0 Å². The molecule has 2 N–H and O–H groups in total. The van der Waals surface area contributed by atoms with Crippen LogP contribution in [0.5, 0.6) is 0 Å². The summed E-state index contributed by atoms with van der Waals surface area (Å²) in [5.41, 5.74) is 0.826. The minimum atomic E-state index is -0.173. The molecule has 0 aliphatic carbocycles. The maximum absolute atomic E-state index is 12.3. The minimum Gasteiger partial charge on any atom is -0.350 e. The Morgan fingerprint density at radius 2 is 2.27 bits per heavy atom. The van der Waals surface area contributed by atoms with Gasteiger partial charge in [0.2, 0.25) is 11.8 Å². The van der Waals surface area contributed by atoms with E-state index in [-0.39, 0.29) is 23.1 Å². The number of thioether (sulfide) groups is 2. The van der Waals surface area contributed by atoms with Gasteiger partial charge in [-0.25, -0.2) is 0 Å². The average molecular weight is 391 g/mol. The zero-order chi connectivity index (χ0) is 18.5. The van der Waals surface area contributed by atoms with Gasteiger partial charge < -0.3 is 10.6 Å². The lowest BCUT2D eigenvalue weighted by atomic mass is 10.0. The van der Waals surface area contributed by atoms with Gasteiger partial charge in [0.05, 0.1) is 29.7 Å². The van der Waals surface area contributed by atoms with E-state index in [1.54, 1.807) is 18.0 Å². The average Bonchev–Trinajstić information content (AvgIpc) is 3.06. The zero-order valence-electron chi connectivity index (χ0n) is 14.8. The number of rotatable bonds is 7. The van der Waals surface area contributed by atoms with Gasteiger partial charge in [-0.3, -0.25) is 19.6 Å². The van der Waals surface area contributed by atoms with E-state index in [1.807, 2.05) is 24.3 Å². The van der Waals surface area contributed by atoms with Crippen molar-refractivity contribution in [3.8, 4) is 0 Å². The lowest BCUT2D eigenvalue weighted by Gasteiger charge is -2.22. The summed E-state index contributed by atoms with van der Waals surface area (Å²) in [5, 5.41) is 5.65. The molecule has 3 heterocycles. The summed E-state index contributed by atoms with van der Waals surface area (Å²) in [6.45, 7) is 4.66. The van der Waals surface area contributed by atoms with E-state index in [0.717, 1.165) is 5.69 Å². The molecule has 0 unspecified atom stereocenters. The number of allylic oxidation sites excluding steroid dienone is 1. The van der Waals surface area contributed by atoms with Crippen LogP contribution in [0.1, 0.15) is 19.5 Å². The highest BCUT2D eigenvalue weighted by Crippen LogP contribution is 2.42. The summed E-state index contributed by atoms with van der Waals surface area (Å²) in [6, 6.07) is 5.60. The van der Waals surface area contributed by atoms with Crippen LogP contribution in [-0.2, 0) is 16.1 Å². The third-order valence-corrected chi connectivity index (χ3v) is 6.46. The Labute approximate surface area is 161 Å². The number of pyridine rings is 1. The maximum atomic E-state index is 12.3. The van der Waals surface area contributed by atoms with Crippen molar-refractivity contribution in [3.05, 3.63) is 41.1 Å². The van der Waals surface area contributed by atoms with Crippen LogP contribution in [-0.4, -0.2) is 39.5 Å². The zero-order valence-corrected chi connectivity index (χ0v) is 16.4. The van der Waals surface area contributed by atoms with Gasteiger partial charge in [-0.1, -0.05) is 26.0 Å². The molecule has 8 heteroatoms. The highest BCUT2D eigenvalue weighted by Gasteiger charge is 2.37. The molecular weight excluding hydrogens is 368 g/mol. The van der Waals surface area contributed by atoms with Crippen LogP contribution in [0, 0.1) is 11.8 Å². The standard InChI is InChI=1S/C18H22N4O2S2/c1-11(2)14-7-13-17(24)21-15(22-18(13)26-14)9-25-10-16(23)20-8-12-5-3-4-6-19-12/h3-7,11,13,18H,8-10H2,1-2H3,(H,20,23)(H,21,22,24)/t13-,18-/m1/s1. The Morgan fingerprint density at radius 1 is 1.42 bits per heavy atom. The number of fused-ring (bicyclic) bond motifs is 1. The third kappa shape index (κ3) is 4.88. The fourth-order valence-electron chi connectivity index (χ4n) is 2.62. The molecule has 2 atom stereocenters. The molecule has 0 saturated carbocycles. The summed E-state index contributed by atoms with van der Waals surface area (Å²) >= 11 is 3.12. The summed E-state index contributed by atoms with van der Waals surface area (Å²) in [6.07, 6.45) is 3.74. The topological polar surface area (TPSA) is 83.5 Å². The summed E-state index contributed by atoms with van der Waals surface area (Å²) in [4.78, 5) is 34.2. The van der Waals surface area contributed by atoms with E-state index >= 15 is 0 Å². The Bertz CT molecular complexity index is 734. The van der Waals surface area contributed by atoms with Gasteiger partial charge in [0.15, 0.2) is 0 Å². The number of nitrogens with one attached hydrogen (secondary N) is 2. The van der Waals surface area contributed by atoms with Crippen molar-refractivity contribution < 1.29 is 9.59 Å². The number of hydrogen-bond acceptors (Lipinski definition) is 6. The number of carbonyl (C=O) groups excluding carboxylic acids is 2. The molecule has 2 aliphatic rings. The Morgan fingerprint density at radius 3 is 3.00 bits per heavy atom. The first-order chi connectivity index (χ1) is 12.5. The highest BCUT2D eigenvalue weighted by atomic mass is 32.2. The quantitative estimate of drug-likeness (QED) is 0.746. The first kappa shape index (κ1) is 19.0. The molecule has 26 heavy (non-hydrogen) atoms. The smallest absolute Gasteiger partial charge is 0.235 e. The molecule has 0 bridgehead atoms. The second kappa shape index (κ2) is 8.73. The Hall–Kier alpha value is -1.80. The molecule has 6 nitrogen and oxygen atoms in total. The predicted molar refractivity (Wildman–Crippen MR) is 107 cm³/mol. The largest absolute Gasteiger partial charge is 0.350 e. The van der Waals surface area contributed by atoms with E-state index in [2.05, 4.69) is 34.5 Å². The van der Waals surface area contributed by atoms with Gasteiger partial charge >= 0.3 is 0 Å². The molecular formula is C18H22N4O2S2. The Kier molecular flexibility index (Phi) is 6.37. The normalized spacial score (nSPS) is 21.7. The van der Waals surface area contributed by atoms with E-state index in [1.165, 1.54) is 16.7 Å². The lowest BCUT2D eigenvalue weighted by molar-refractivity contribution is -0.122. The van der Waals surface area contributed by atoms with Crippen molar-refractivity contribution >= 4 is 41.2 Å². The van der Waals surface area contributed by atoms with Crippen LogP contribution in [0.15, 0.2) is 40.4 Å². The van der Waals surface area contributed by atoms with Gasteiger partial charge in [0.25, 0.3) is 0 Å². The highest BCUT2D eigenvalue weighted by molar-refractivity contribution is 8.04. The van der Waals surface area contributed by atoms with Crippen LogP contribution in [0.3, 0.4) is 0 Å². The molecule has 0 aromatic carbocycles. The molecule has 138 valence electrons. The summed E-state index contributed by atoms with van der Waals surface area (Å²) in [7, 11) is 0. The third-order valence-electron chi connectivity index (χ3n) is 3.99. The van der Waals surface area contributed by atoms with Crippen molar-refractivity contribution in [1.82, 2.24) is 15.6 Å². The number of hydrogen-bond donors (Lipinski definition) is 2. The van der Waals surface area contributed by atoms with Crippen molar-refractivity contribution in [2.24, 2.45) is 16.8 Å². The minimum absolute atomic E-state index is 0.00311. The second-order valence-corrected chi connectivity index (χ2v) is 8.59. The molecule has 2 amide bonds. The number of nitrogens with zero attached hydrogens (tertiary/aromatic N) is 2. The first-order valence-electron chi connectivity index (χ1n) is 8.53. The monoisotopic (exact) mass is 390 g/mol. The van der Waals surface area contributed by atoms with Gasteiger partial charge in [0.1, 0.15) is 11.2 Å². The van der Waals surface area contributed by atoms with Crippen LogP contribution in [0.4, 0.5) is 0 Å². The van der Waals surface area contributed by atoms with Gasteiger partial charge in [-0.2, -0.15) is 0 Å².